The topological polar surface area (TPSA) is 30.0 Å². The fraction of sp³-hybridized carbons (Fsp3) is 0. The Kier molecular flexibility index (Phi) is 2.91. The van der Waals surface area contributed by atoms with Crippen molar-refractivity contribution >= 4 is 17.6 Å². The molecule has 0 aliphatic rings. The minimum absolute atomic E-state index is 0.595. The van der Waals surface area contributed by atoms with E-state index in [0.29, 0.717) is 6.29 Å². The molecule has 0 saturated heterocycles. The molecule has 3 heteroatoms. The molecule has 0 aliphatic heterocycles. The van der Waals surface area contributed by atoms with Gasteiger partial charge in [-0.25, -0.2) is 0 Å². The lowest BCUT2D eigenvalue weighted by atomic mass is 10.2. The van der Waals surface area contributed by atoms with Crippen molar-refractivity contribution in [1.29, 1.82) is 0 Å². The van der Waals surface area contributed by atoms with Gasteiger partial charge in [-0.1, -0.05) is 12.0 Å². The van der Waals surface area contributed by atoms with Crippen LogP contribution in [0.1, 0.15) is 5.56 Å². The number of nitrogens with zero attached hydrogens (tertiary/aromatic N) is 1. The summed E-state index contributed by atoms with van der Waals surface area (Å²) in [5, 5.41) is 1.92. The highest BCUT2D eigenvalue weighted by Crippen LogP contribution is 2.24. The molecule has 2 rings (SSSR count). The van der Waals surface area contributed by atoms with Crippen molar-refractivity contribution in [3.8, 4) is 22.4 Å². The number of carbonyl (C=O) groups is 1. The van der Waals surface area contributed by atoms with Gasteiger partial charge < -0.3 is 0 Å². The van der Waals surface area contributed by atoms with E-state index < -0.39 is 0 Å². The Morgan fingerprint density at radius 2 is 2.33 bits per heavy atom. The Morgan fingerprint density at radius 1 is 1.40 bits per heavy atom. The third-order valence-electron chi connectivity index (χ3n) is 1.79. The second-order valence-electron chi connectivity index (χ2n) is 2.80. The zero-order valence-electron chi connectivity index (χ0n) is 7.81. The largest absolute Gasteiger partial charge is 0.289 e. The number of rotatable bonds is 1. The minimum Gasteiger partial charge on any atom is -0.289 e. The number of aldehydes is 1. The highest BCUT2D eigenvalue weighted by atomic mass is 32.1. The van der Waals surface area contributed by atoms with Crippen molar-refractivity contribution < 1.29 is 4.79 Å². The molecule has 15 heavy (non-hydrogen) atoms. The first-order valence-electron chi connectivity index (χ1n) is 4.35. The molecule has 0 fully saturated rings. The van der Waals surface area contributed by atoms with E-state index in [-0.39, 0.29) is 0 Å². The number of hydrogen-bond acceptors (Lipinski definition) is 3. The van der Waals surface area contributed by atoms with Gasteiger partial charge in [0.2, 0.25) is 0 Å². The molecule has 0 spiro atoms. The molecule has 0 saturated carbocycles. The van der Waals surface area contributed by atoms with Crippen molar-refractivity contribution in [2.24, 2.45) is 0 Å². The average Bonchev–Trinajstić information content (AvgIpc) is 2.76. The molecule has 0 amide bonds. The summed E-state index contributed by atoms with van der Waals surface area (Å²) in [6.07, 6.45) is 2.35. The van der Waals surface area contributed by atoms with Crippen LogP contribution < -0.4 is 0 Å². The summed E-state index contributed by atoms with van der Waals surface area (Å²) in [5.74, 6) is 5.13. The van der Waals surface area contributed by atoms with E-state index in [1.54, 1.807) is 17.5 Å². The van der Waals surface area contributed by atoms with Gasteiger partial charge in [0.15, 0.2) is 6.29 Å². The second kappa shape index (κ2) is 4.54. The highest BCUT2D eigenvalue weighted by Gasteiger charge is 2.00. The van der Waals surface area contributed by atoms with Crippen LogP contribution in [0.2, 0.25) is 0 Å². The number of carbonyl (C=O) groups excluding carboxylic acids is 1. The third-order valence-corrected chi connectivity index (χ3v) is 2.74. The number of hydrogen-bond donors (Lipinski definition) is 0. The Balaban J connectivity index is 2.32. The molecule has 0 aliphatic carbocycles. The van der Waals surface area contributed by atoms with Crippen molar-refractivity contribution in [2.45, 2.75) is 0 Å². The van der Waals surface area contributed by atoms with E-state index in [1.807, 2.05) is 29.6 Å². The molecule has 2 aromatic rings. The Hall–Kier alpha value is -1.92. The summed E-state index contributed by atoms with van der Waals surface area (Å²) < 4.78 is 0. The fourth-order valence-corrected chi connectivity index (χ4v) is 1.97. The minimum atomic E-state index is 0.595. The van der Waals surface area contributed by atoms with E-state index in [4.69, 9.17) is 0 Å². The molecule has 2 heterocycles. The smallest absolute Gasteiger partial charge is 0.193 e. The first kappa shape index (κ1) is 9.63. The van der Waals surface area contributed by atoms with Crippen molar-refractivity contribution in [3.63, 3.8) is 0 Å². The zero-order valence-corrected chi connectivity index (χ0v) is 8.62. The summed E-state index contributed by atoms with van der Waals surface area (Å²) in [6, 6.07) is 7.70. The quantitative estimate of drug-likeness (QED) is 0.537. The second-order valence-corrected chi connectivity index (χ2v) is 3.71. The highest BCUT2D eigenvalue weighted by molar-refractivity contribution is 7.13. The number of pyridine rings is 1. The van der Waals surface area contributed by atoms with Crippen molar-refractivity contribution in [3.05, 3.63) is 41.4 Å². The standard InChI is InChI=1S/C12H7NOS/c14-7-3-4-10-8-12(15-9-10)11-5-1-2-6-13-11/h1-2,5-9H. The summed E-state index contributed by atoms with van der Waals surface area (Å²) in [4.78, 5) is 15.4. The van der Waals surface area contributed by atoms with Gasteiger partial charge in [0, 0.05) is 17.1 Å². The van der Waals surface area contributed by atoms with E-state index in [1.165, 1.54) is 0 Å². The maximum atomic E-state index is 10.1. The van der Waals surface area contributed by atoms with Crippen molar-refractivity contribution in [2.75, 3.05) is 0 Å². The maximum absolute atomic E-state index is 10.1. The maximum Gasteiger partial charge on any atom is 0.193 e. The van der Waals surface area contributed by atoms with Gasteiger partial charge in [-0.2, -0.15) is 0 Å². The molecule has 2 aromatic heterocycles. The predicted octanol–water partition coefficient (Wildman–Crippen LogP) is 2.36. The van der Waals surface area contributed by atoms with Gasteiger partial charge in [-0.05, 0) is 24.1 Å². The van der Waals surface area contributed by atoms with E-state index >= 15 is 0 Å². The molecule has 0 aromatic carbocycles. The van der Waals surface area contributed by atoms with Crippen LogP contribution in [-0.4, -0.2) is 11.3 Å². The van der Waals surface area contributed by atoms with Crippen molar-refractivity contribution in [1.82, 2.24) is 4.98 Å². The molecule has 0 radical (unpaired) electrons. The van der Waals surface area contributed by atoms with Crippen LogP contribution >= 0.6 is 11.3 Å². The normalized spacial score (nSPS) is 9.07. The lowest BCUT2D eigenvalue weighted by Crippen LogP contribution is -1.76. The van der Waals surface area contributed by atoms with Crippen LogP contribution in [0, 0.1) is 11.8 Å². The van der Waals surface area contributed by atoms with E-state index in [0.717, 1.165) is 16.1 Å². The fourth-order valence-electron chi connectivity index (χ4n) is 1.16. The third kappa shape index (κ3) is 2.30. The Labute approximate surface area is 91.6 Å². The summed E-state index contributed by atoms with van der Waals surface area (Å²) in [5.41, 5.74) is 1.79. The molecular weight excluding hydrogens is 206 g/mol. The van der Waals surface area contributed by atoms with Gasteiger partial charge in [-0.15, -0.1) is 11.3 Å². The average molecular weight is 213 g/mol. The number of aromatic nitrogens is 1. The first-order chi connectivity index (χ1) is 7.40. The van der Waals surface area contributed by atoms with Gasteiger partial charge in [0.05, 0.1) is 10.6 Å². The Morgan fingerprint density at radius 3 is 3.07 bits per heavy atom. The van der Waals surface area contributed by atoms with Crippen LogP contribution in [0.15, 0.2) is 35.8 Å². The lowest BCUT2D eigenvalue weighted by molar-refractivity contribution is -0.103. The molecule has 72 valence electrons. The first-order valence-corrected chi connectivity index (χ1v) is 5.23. The van der Waals surface area contributed by atoms with E-state index in [9.17, 15) is 4.79 Å². The van der Waals surface area contributed by atoms with Crippen LogP contribution in [-0.2, 0) is 4.79 Å². The zero-order chi connectivity index (χ0) is 10.5. The van der Waals surface area contributed by atoms with Crippen LogP contribution in [0.4, 0.5) is 0 Å². The molecule has 2 nitrogen and oxygen atoms in total. The van der Waals surface area contributed by atoms with Gasteiger partial charge in [0.1, 0.15) is 0 Å². The summed E-state index contributed by atoms with van der Waals surface area (Å²) in [6.45, 7) is 0. The lowest BCUT2D eigenvalue weighted by Gasteiger charge is -1.92. The van der Waals surface area contributed by atoms with Crippen LogP contribution in [0.5, 0.6) is 0 Å². The predicted molar refractivity (Wildman–Crippen MR) is 60.5 cm³/mol. The molecule has 0 atom stereocenters. The molecule has 0 N–H and O–H groups in total. The molecule has 0 unspecified atom stereocenters. The molecule has 0 bridgehead atoms. The van der Waals surface area contributed by atoms with Gasteiger partial charge in [0.25, 0.3) is 0 Å². The summed E-state index contributed by atoms with van der Waals surface area (Å²) >= 11 is 1.57. The van der Waals surface area contributed by atoms with Gasteiger partial charge >= 0.3 is 0 Å². The van der Waals surface area contributed by atoms with Crippen LogP contribution in [0.25, 0.3) is 10.6 Å². The van der Waals surface area contributed by atoms with Crippen LogP contribution in [0.3, 0.4) is 0 Å². The van der Waals surface area contributed by atoms with Gasteiger partial charge in [-0.3, -0.25) is 9.78 Å². The van der Waals surface area contributed by atoms with E-state index in [2.05, 4.69) is 16.8 Å². The number of thiophene rings is 1. The monoisotopic (exact) mass is 213 g/mol. The summed E-state index contributed by atoms with van der Waals surface area (Å²) in [7, 11) is 0. The SMILES string of the molecule is O=CC#Cc1csc(-c2ccccn2)c1. The Bertz CT molecular complexity index is 519. The molecular formula is C12H7NOS.